The fourth-order valence-electron chi connectivity index (χ4n) is 2.70. The lowest BCUT2D eigenvalue weighted by atomic mass is 10.1. The van der Waals surface area contributed by atoms with Gasteiger partial charge in [-0.05, 0) is 35.0 Å². The average Bonchev–Trinajstić information content (AvgIpc) is 2.75. The predicted octanol–water partition coefficient (Wildman–Crippen LogP) is 3.56. The van der Waals surface area contributed by atoms with Crippen LogP contribution < -0.4 is 9.47 Å². The Morgan fingerprint density at radius 1 is 0.931 bits per heavy atom. The summed E-state index contributed by atoms with van der Waals surface area (Å²) >= 11 is 0. The molecule has 3 aromatic rings. The van der Waals surface area contributed by atoms with Gasteiger partial charge in [0, 0.05) is 11.6 Å². The van der Waals surface area contributed by atoms with Crippen molar-refractivity contribution in [3.05, 3.63) is 76.3 Å². The molecular formula is C21H17NO7. The molecule has 0 bridgehead atoms. The van der Waals surface area contributed by atoms with Crippen LogP contribution in [-0.2, 0) is 9.53 Å². The second-order valence-corrected chi connectivity index (χ2v) is 5.97. The molecule has 8 heteroatoms. The predicted molar refractivity (Wildman–Crippen MR) is 104 cm³/mol. The lowest BCUT2D eigenvalue weighted by Gasteiger charge is -2.10. The Labute approximate surface area is 165 Å². The van der Waals surface area contributed by atoms with Crippen LogP contribution in [0.4, 0.5) is 5.69 Å². The Morgan fingerprint density at radius 2 is 1.66 bits per heavy atom. The van der Waals surface area contributed by atoms with Crippen molar-refractivity contribution in [2.45, 2.75) is 0 Å². The van der Waals surface area contributed by atoms with E-state index >= 15 is 0 Å². The fraction of sp³-hybridized carbons (Fsp3) is 0.143. The summed E-state index contributed by atoms with van der Waals surface area (Å²) in [5.41, 5.74) is -0.575. The van der Waals surface area contributed by atoms with Gasteiger partial charge in [0.05, 0.1) is 12.0 Å². The molecule has 8 nitrogen and oxygen atoms in total. The molecule has 0 radical (unpaired) electrons. The van der Waals surface area contributed by atoms with E-state index in [0.717, 1.165) is 23.9 Å². The molecule has 0 saturated heterocycles. The molecule has 3 rings (SSSR count). The van der Waals surface area contributed by atoms with Crippen LogP contribution in [0.5, 0.6) is 11.5 Å². The Hall–Kier alpha value is -3.94. The average molecular weight is 395 g/mol. The van der Waals surface area contributed by atoms with E-state index < -0.39 is 22.4 Å². The largest absolute Gasteiger partial charge is 0.490 e. The Kier molecular flexibility index (Phi) is 6.03. The van der Waals surface area contributed by atoms with Crippen molar-refractivity contribution in [2.24, 2.45) is 0 Å². The van der Waals surface area contributed by atoms with Crippen molar-refractivity contribution >= 4 is 28.2 Å². The molecule has 0 amide bonds. The Morgan fingerprint density at radius 3 is 2.38 bits per heavy atom. The van der Waals surface area contributed by atoms with E-state index in [4.69, 9.17) is 9.47 Å². The third kappa shape index (κ3) is 4.67. The van der Waals surface area contributed by atoms with Crippen molar-refractivity contribution in [3.63, 3.8) is 0 Å². The van der Waals surface area contributed by atoms with E-state index in [0.29, 0.717) is 5.75 Å². The van der Waals surface area contributed by atoms with Gasteiger partial charge in [0.25, 0.3) is 5.78 Å². The van der Waals surface area contributed by atoms with Crippen LogP contribution >= 0.6 is 0 Å². The molecule has 0 aliphatic heterocycles. The second-order valence-electron chi connectivity index (χ2n) is 5.97. The monoisotopic (exact) mass is 395 g/mol. The van der Waals surface area contributed by atoms with E-state index in [1.165, 1.54) is 12.1 Å². The highest BCUT2D eigenvalue weighted by Gasteiger charge is 2.23. The van der Waals surface area contributed by atoms with Gasteiger partial charge >= 0.3 is 11.7 Å². The van der Waals surface area contributed by atoms with Gasteiger partial charge in [-0.3, -0.25) is 14.9 Å². The summed E-state index contributed by atoms with van der Waals surface area (Å²) in [6, 6.07) is 17.0. The van der Waals surface area contributed by atoms with E-state index in [9.17, 15) is 19.7 Å². The van der Waals surface area contributed by atoms with E-state index in [2.05, 4.69) is 4.74 Å². The first-order valence-corrected chi connectivity index (χ1v) is 8.65. The minimum Gasteiger partial charge on any atom is -0.490 e. The number of carbonyl (C=O) groups is 2. The third-order valence-corrected chi connectivity index (χ3v) is 4.12. The van der Waals surface area contributed by atoms with Gasteiger partial charge in [-0.25, -0.2) is 4.79 Å². The zero-order chi connectivity index (χ0) is 20.8. The number of methoxy groups -OCH3 is 1. The number of rotatable bonds is 8. The molecule has 0 N–H and O–H groups in total. The normalized spacial score (nSPS) is 10.4. The molecule has 0 aromatic heterocycles. The number of nitrogens with zero attached hydrogens (tertiary/aromatic N) is 1. The SMILES string of the molecule is COC(=O)C(=O)c1ccc(OCCOc2ccc3ccccc3c2)c([N+](=O)[O-])c1. The summed E-state index contributed by atoms with van der Waals surface area (Å²) in [7, 11) is 1.06. The maximum atomic E-state index is 11.8. The molecule has 0 saturated carbocycles. The van der Waals surface area contributed by atoms with Gasteiger partial charge in [0.1, 0.15) is 19.0 Å². The first-order chi connectivity index (χ1) is 14.0. The zero-order valence-corrected chi connectivity index (χ0v) is 15.5. The smallest absolute Gasteiger partial charge is 0.379 e. The number of ketones is 1. The van der Waals surface area contributed by atoms with Gasteiger partial charge in [-0.2, -0.15) is 0 Å². The number of benzene rings is 3. The lowest BCUT2D eigenvalue weighted by molar-refractivity contribution is -0.385. The molecule has 0 aliphatic rings. The summed E-state index contributed by atoms with van der Waals surface area (Å²) in [5.74, 6) is -1.45. The number of carbonyl (C=O) groups excluding carboxylic acids is 2. The summed E-state index contributed by atoms with van der Waals surface area (Å²) < 4.78 is 15.4. The van der Waals surface area contributed by atoms with Crippen molar-refractivity contribution in [1.29, 1.82) is 0 Å². The summed E-state index contributed by atoms with van der Waals surface area (Å²) in [5, 5.41) is 13.4. The first kappa shape index (κ1) is 19.8. The molecular weight excluding hydrogens is 378 g/mol. The minimum absolute atomic E-state index is 0.0291. The van der Waals surface area contributed by atoms with Crippen molar-refractivity contribution in [3.8, 4) is 11.5 Å². The molecule has 29 heavy (non-hydrogen) atoms. The number of hydrogen-bond acceptors (Lipinski definition) is 7. The number of hydrogen-bond donors (Lipinski definition) is 0. The minimum atomic E-state index is -1.10. The summed E-state index contributed by atoms with van der Waals surface area (Å²) in [6.07, 6.45) is 0. The van der Waals surface area contributed by atoms with Crippen LogP contribution in [0.15, 0.2) is 60.7 Å². The lowest BCUT2D eigenvalue weighted by Crippen LogP contribution is -2.16. The summed E-state index contributed by atoms with van der Waals surface area (Å²) in [4.78, 5) is 33.7. The Bertz CT molecular complexity index is 1080. The topological polar surface area (TPSA) is 105 Å². The standard InChI is InChI=1S/C21H17NO7/c1-27-21(24)20(23)16-7-9-19(18(13-16)22(25)26)29-11-10-28-17-8-6-14-4-2-3-5-15(14)12-17/h2-9,12-13H,10-11H2,1H3. The quantitative estimate of drug-likeness (QED) is 0.143. The molecule has 0 atom stereocenters. The fourth-order valence-corrected chi connectivity index (χ4v) is 2.70. The molecule has 0 fully saturated rings. The van der Waals surface area contributed by atoms with Crippen LogP contribution in [0, 0.1) is 10.1 Å². The van der Waals surface area contributed by atoms with E-state index in [-0.39, 0.29) is 24.5 Å². The van der Waals surface area contributed by atoms with Crippen molar-refractivity contribution in [1.82, 2.24) is 0 Å². The molecule has 0 heterocycles. The van der Waals surface area contributed by atoms with Gasteiger partial charge in [0.2, 0.25) is 0 Å². The van der Waals surface area contributed by atoms with E-state index in [1.54, 1.807) is 0 Å². The highest BCUT2D eigenvalue weighted by atomic mass is 16.6. The summed E-state index contributed by atoms with van der Waals surface area (Å²) in [6.45, 7) is 0.219. The van der Waals surface area contributed by atoms with Gasteiger partial charge in [-0.15, -0.1) is 0 Å². The van der Waals surface area contributed by atoms with Gasteiger partial charge in [0.15, 0.2) is 5.75 Å². The van der Waals surface area contributed by atoms with Crippen molar-refractivity contribution < 1.29 is 28.7 Å². The maximum Gasteiger partial charge on any atom is 0.379 e. The second kappa shape index (κ2) is 8.83. The van der Waals surface area contributed by atoms with Crippen LogP contribution in [0.2, 0.25) is 0 Å². The maximum absolute atomic E-state index is 11.8. The number of Topliss-reactive ketones (excluding diaryl/α,β-unsaturated/α-hetero) is 1. The highest BCUT2D eigenvalue weighted by molar-refractivity contribution is 6.40. The number of ether oxygens (including phenoxy) is 3. The zero-order valence-electron chi connectivity index (χ0n) is 15.5. The molecule has 0 aliphatic carbocycles. The Balaban J connectivity index is 1.64. The number of nitro groups is 1. The van der Waals surface area contributed by atoms with E-state index in [1.807, 2.05) is 42.5 Å². The molecule has 0 unspecified atom stereocenters. The number of nitro benzene ring substituents is 1. The first-order valence-electron chi connectivity index (χ1n) is 8.65. The number of esters is 1. The van der Waals surface area contributed by atoms with Crippen LogP contribution in [-0.4, -0.2) is 37.0 Å². The van der Waals surface area contributed by atoms with Gasteiger partial charge in [-0.1, -0.05) is 30.3 Å². The molecule has 148 valence electrons. The number of fused-ring (bicyclic) bond motifs is 1. The molecule has 0 spiro atoms. The third-order valence-electron chi connectivity index (χ3n) is 4.12. The highest BCUT2D eigenvalue weighted by Crippen LogP contribution is 2.28. The van der Waals surface area contributed by atoms with Gasteiger partial charge < -0.3 is 14.2 Å². The van der Waals surface area contributed by atoms with Crippen LogP contribution in [0.3, 0.4) is 0 Å². The van der Waals surface area contributed by atoms with Crippen molar-refractivity contribution in [2.75, 3.05) is 20.3 Å². The van der Waals surface area contributed by atoms with Crippen LogP contribution in [0.25, 0.3) is 10.8 Å². The molecule has 3 aromatic carbocycles. The van der Waals surface area contributed by atoms with Crippen LogP contribution in [0.1, 0.15) is 10.4 Å².